The summed E-state index contributed by atoms with van der Waals surface area (Å²) < 4.78 is 16.8. The van der Waals surface area contributed by atoms with E-state index in [0.717, 1.165) is 109 Å². The van der Waals surface area contributed by atoms with E-state index in [-0.39, 0.29) is 31.1 Å². The maximum atomic E-state index is 12.8. The minimum Gasteiger partial charge on any atom is -0.462 e. The molecule has 0 saturated heterocycles. The SMILES string of the molecule is CC/C=C\C/C=C\C/C=C\C/C=C\CCCCCCCCCCCCCCC(=O)OCC(COC(=O)CCCCCCCCCCCC)OC(=O)CCCCC/C=C\C/C=C\C/C=C\CC. The number of hydrogen-bond donors (Lipinski definition) is 0. The summed E-state index contributed by atoms with van der Waals surface area (Å²) in [6.07, 6.45) is 70.1. The number of rotatable bonds is 49. The molecule has 0 heterocycles. The van der Waals surface area contributed by atoms with Crippen molar-refractivity contribution in [1.82, 2.24) is 0 Å². The van der Waals surface area contributed by atoms with Gasteiger partial charge in [-0.2, -0.15) is 0 Å². The third-order valence-electron chi connectivity index (χ3n) is 11.6. The van der Waals surface area contributed by atoms with Crippen LogP contribution in [0.5, 0.6) is 0 Å². The van der Waals surface area contributed by atoms with E-state index in [2.05, 4.69) is 106 Å². The first-order valence-corrected chi connectivity index (χ1v) is 27.6. The Labute approximate surface area is 407 Å². The molecule has 1 unspecified atom stereocenters. The fraction of sp³-hybridized carbons (Fsp3) is 0.717. The maximum Gasteiger partial charge on any atom is 0.306 e. The van der Waals surface area contributed by atoms with Gasteiger partial charge in [0.1, 0.15) is 13.2 Å². The van der Waals surface area contributed by atoms with E-state index < -0.39 is 6.10 Å². The number of hydrogen-bond acceptors (Lipinski definition) is 6. The van der Waals surface area contributed by atoms with Gasteiger partial charge in [-0.3, -0.25) is 14.4 Å². The van der Waals surface area contributed by atoms with Gasteiger partial charge in [-0.05, 0) is 89.9 Å². The molecule has 0 aromatic carbocycles. The highest BCUT2D eigenvalue weighted by Gasteiger charge is 2.19. The average Bonchev–Trinajstić information content (AvgIpc) is 3.31. The standard InChI is InChI=1S/C60H102O6/c1-4-7-10-13-16-19-22-24-25-26-27-28-29-30-31-32-33-34-35-37-38-41-44-47-50-53-59(62)65-56-57(55-64-58(61)52-49-46-43-40-21-18-15-12-9-6-3)66-60(63)54-51-48-45-42-39-36-23-20-17-14-11-8-5-2/h7-8,10-11,16-17,19-20,24-25,27-28,36,39,57H,4-6,9,12-15,18,21-23,26,29-35,37-38,40-56H2,1-3H3/b10-7-,11-8-,19-16-,20-17-,25-24-,28-27-,39-36-. The lowest BCUT2D eigenvalue weighted by molar-refractivity contribution is -0.167. The zero-order chi connectivity index (χ0) is 47.9. The van der Waals surface area contributed by atoms with E-state index in [0.29, 0.717) is 19.3 Å². The molecule has 0 aromatic rings. The topological polar surface area (TPSA) is 78.9 Å². The van der Waals surface area contributed by atoms with Crippen molar-refractivity contribution in [3.05, 3.63) is 85.1 Å². The first kappa shape index (κ1) is 62.6. The molecule has 0 aliphatic rings. The van der Waals surface area contributed by atoms with Gasteiger partial charge in [0.15, 0.2) is 6.10 Å². The van der Waals surface area contributed by atoms with Gasteiger partial charge < -0.3 is 14.2 Å². The Kier molecular flexibility index (Phi) is 51.4. The molecule has 0 radical (unpaired) electrons. The molecule has 0 aliphatic carbocycles. The summed E-state index contributed by atoms with van der Waals surface area (Å²) in [5, 5.41) is 0. The lowest BCUT2D eigenvalue weighted by Gasteiger charge is -2.18. The van der Waals surface area contributed by atoms with E-state index in [9.17, 15) is 14.4 Å². The summed E-state index contributed by atoms with van der Waals surface area (Å²) in [5.41, 5.74) is 0. The van der Waals surface area contributed by atoms with Crippen molar-refractivity contribution in [3.63, 3.8) is 0 Å². The summed E-state index contributed by atoms with van der Waals surface area (Å²) in [6.45, 7) is 6.38. The Balaban J connectivity index is 4.24. The molecule has 378 valence electrons. The average molecular weight is 919 g/mol. The highest BCUT2D eigenvalue weighted by atomic mass is 16.6. The molecule has 0 N–H and O–H groups in total. The fourth-order valence-corrected chi connectivity index (χ4v) is 7.57. The van der Waals surface area contributed by atoms with E-state index in [1.54, 1.807) is 0 Å². The van der Waals surface area contributed by atoms with Crippen molar-refractivity contribution in [2.75, 3.05) is 13.2 Å². The first-order valence-electron chi connectivity index (χ1n) is 27.6. The quantitative estimate of drug-likeness (QED) is 0.0262. The summed E-state index contributed by atoms with van der Waals surface area (Å²) in [4.78, 5) is 38.0. The third kappa shape index (κ3) is 51.6. The molecule has 6 heteroatoms. The molecule has 6 nitrogen and oxygen atoms in total. The lowest BCUT2D eigenvalue weighted by Crippen LogP contribution is -2.30. The van der Waals surface area contributed by atoms with Crippen LogP contribution >= 0.6 is 0 Å². The number of unbranched alkanes of at least 4 members (excludes halogenated alkanes) is 24. The summed E-state index contributed by atoms with van der Waals surface area (Å²) in [7, 11) is 0. The van der Waals surface area contributed by atoms with Crippen LogP contribution in [0.1, 0.15) is 258 Å². The second kappa shape index (κ2) is 54.2. The van der Waals surface area contributed by atoms with Gasteiger partial charge in [0.2, 0.25) is 0 Å². The normalized spacial score (nSPS) is 12.7. The maximum absolute atomic E-state index is 12.8. The minimum atomic E-state index is -0.789. The summed E-state index contributed by atoms with van der Waals surface area (Å²) in [6, 6.07) is 0. The van der Waals surface area contributed by atoms with Crippen molar-refractivity contribution >= 4 is 17.9 Å². The molecule has 0 rings (SSSR count). The molecular weight excluding hydrogens is 817 g/mol. The van der Waals surface area contributed by atoms with Crippen LogP contribution in [0, 0.1) is 0 Å². The van der Waals surface area contributed by atoms with Crippen molar-refractivity contribution in [2.24, 2.45) is 0 Å². The Morgan fingerprint density at radius 2 is 0.591 bits per heavy atom. The fourth-order valence-electron chi connectivity index (χ4n) is 7.57. The summed E-state index contributed by atoms with van der Waals surface area (Å²) >= 11 is 0. The molecule has 0 aliphatic heterocycles. The van der Waals surface area contributed by atoms with Crippen molar-refractivity contribution in [1.29, 1.82) is 0 Å². The third-order valence-corrected chi connectivity index (χ3v) is 11.6. The molecule has 0 aromatic heterocycles. The number of allylic oxidation sites excluding steroid dienone is 14. The largest absolute Gasteiger partial charge is 0.462 e. The van der Waals surface area contributed by atoms with Crippen molar-refractivity contribution in [2.45, 2.75) is 264 Å². The Bertz CT molecular complexity index is 1290. The monoisotopic (exact) mass is 919 g/mol. The predicted octanol–water partition coefficient (Wildman–Crippen LogP) is 18.4. The van der Waals surface area contributed by atoms with Crippen LogP contribution in [0.15, 0.2) is 85.1 Å². The Morgan fingerprint density at radius 3 is 0.939 bits per heavy atom. The van der Waals surface area contributed by atoms with Gasteiger partial charge in [-0.15, -0.1) is 0 Å². The van der Waals surface area contributed by atoms with E-state index in [1.165, 1.54) is 109 Å². The van der Waals surface area contributed by atoms with E-state index >= 15 is 0 Å². The van der Waals surface area contributed by atoms with Gasteiger partial charge in [0.25, 0.3) is 0 Å². The van der Waals surface area contributed by atoms with Crippen LogP contribution in [0.2, 0.25) is 0 Å². The van der Waals surface area contributed by atoms with Crippen LogP contribution < -0.4 is 0 Å². The van der Waals surface area contributed by atoms with E-state index in [4.69, 9.17) is 14.2 Å². The van der Waals surface area contributed by atoms with Gasteiger partial charge in [0, 0.05) is 19.3 Å². The van der Waals surface area contributed by atoms with Crippen LogP contribution in [-0.2, 0) is 28.6 Å². The van der Waals surface area contributed by atoms with Crippen molar-refractivity contribution < 1.29 is 28.6 Å². The van der Waals surface area contributed by atoms with Gasteiger partial charge in [-0.25, -0.2) is 0 Å². The number of ether oxygens (including phenoxy) is 3. The number of carbonyl (C=O) groups is 3. The van der Waals surface area contributed by atoms with Crippen LogP contribution in [0.25, 0.3) is 0 Å². The molecule has 0 saturated carbocycles. The van der Waals surface area contributed by atoms with Gasteiger partial charge in [-0.1, -0.05) is 234 Å². The predicted molar refractivity (Wildman–Crippen MR) is 284 cm³/mol. The second-order valence-corrected chi connectivity index (χ2v) is 18.1. The molecule has 0 fully saturated rings. The van der Waals surface area contributed by atoms with Crippen LogP contribution in [0.3, 0.4) is 0 Å². The van der Waals surface area contributed by atoms with Crippen molar-refractivity contribution in [3.8, 4) is 0 Å². The highest BCUT2D eigenvalue weighted by Crippen LogP contribution is 2.15. The Hall–Kier alpha value is -3.41. The van der Waals surface area contributed by atoms with E-state index in [1.807, 2.05) is 0 Å². The van der Waals surface area contributed by atoms with Crippen LogP contribution in [-0.4, -0.2) is 37.2 Å². The Morgan fingerprint density at radius 1 is 0.318 bits per heavy atom. The smallest absolute Gasteiger partial charge is 0.306 e. The zero-order valence-corrected chi connectivity index (χ0v) is 43.2. The van der Waals surface area contributed by atoms with Crippen LogP contribution in [0.4, 0.5) is 0 Å². The molecule has 0 spiro atoms. The highest BCUT2D eigenvalue weighted by molar-refractivity contribution is 5.71. The molecule has 1 atom stereocenters. The molecule has 0 amide bonds. The van der Waals surface area contributed by atoms with Gasteiger partial charge in [0.05, 0.1) is 0 Å². The molecule has 0 bridgehead atoms. The first-order chi connectivity index (χ1) is 32.5. The summed E-state index contributed by atoms with van der Waals surface area (Å²) in [5.74, 6) is -0.917. The lowest BCUT2D eigenvalue weighted by atomic mass is 10.0. The number of carbonyl (C=O) groups excluding carboxylic acids is 3. The second-order valence-electron chi connectivity index (χ2n) is 18.1. The molecule has 66 heavy (non-hydrogen) atoms. The number of esters is 3. The zero-order valence-electron chi connectivity index (χ0n) is 43.2. The minimum absolute atomic E-state index is 0.0869. The van der Waals surface area contributed by atoms with Gasteiger partial charge >= 0.3 is 17.9 Å². The molecular formula is C60H102O6.